The van der Waals surface area contributed by atoms with Gasteiger partial charge in [-0.3, -0.25) is 9.89 Å². The van der Waals surface area contributed by atoms with Gasteiger partial charge in [0, 0.05) is 18.2 Å². The van der Waals surface area contributed by atoms with Crippen LogP contribution in [0.2, 0.25) is 0 Å². The molecule has 3 N–H and O–H groups in total. The highest BCUT2D eigenvalue weighted by Gasteiger charge is 2.25. The predicted molar refractivity (Wildman–Crippen MR) is 106 cm³/mol. The third kappa shape index (κ3) is 4.04. The standard InChI is InChI=1S/C21H27N5O/c1-2-5-16-12-19(26-25-16)21(27)22-13-14-8-10-15(11-9-14)20-23-17-6-3-4-7-18(17)24-20/h3-4,6-7,12,14-15H,2,5,8-11,13H2,1H3,(H,22,27)(H,23,24)(H,25,26). The molecule has 1 aliphatic rings. The number of hydrogen-bond acceptors (Lipinski definition) is 3. The number of hydrogen-bond donors (Lipinski definition) is 3. The first-order valence-corrected chi connectivity index (χ1v) is 10.00. The van der Waals surface area contributed by atoms with Gasteiger partial charge >= 0.3 is 0 Å². The summed E-state index contributed by atoms with van der Waals surface area (Å²) in [5.41, 5.74) is 3.68. The molecule has 0 atom stereocenters. The second kappa shape index (κ2) is 7.94. The molecule has 4 rings (SSSR count). The van der Waals surface area contributed by atoms with Gasteiger partial charge in [0.15, 0.2) is 0 Å². The van der Waals surface area contributed by atoms with Gasteiger partial charge in [-0.15, -0.1) is 0 Å². The molecule has 0 bridgehead atoms. The van der Waals surface area contributed by atoms with Gasteiger partial charge in [0.25, 0.3) is 5.91 Å². The summed E-state index contributed by atoms with van der Waals surface area (Å²) in [6.07, 6.45) is 6.42. The first-order valence-electron chi connectivity index (χ1n) is 10.00. The Morgan fingerprint density at radius 2 is 2.04 bits per heavy atom. The lowest BCUT2D eigenvalue weighted by Crippen LogP contribution is -2.31. The number of rotatable bonds is 6. The normalized spacial score (nSPS) is 20.0. The molecule has 27 heavy (non-hydrogen) atoms. The van der Waals surface area contributed by atoms with Crippen LogP contribution in [0.15, 0.2) is 30.3 Å². The van der Waals surface area contributed by atoms with E-state index in [1.807, 2.05) is 18.2 Å². The van der Waals surface area contributed by atoms with Gasteiger partial charge in [-0.1, -0.05) is 25.5 Å². The topological polar surface area (TPSA) is 86.5 Å². The van der Waals surface area contributed by atoms with Crippen molar-refractivity contribution >= 4 is 16.9 Å². The number of H-pyrrole nitrogens is 2. The molecule has 1 amide bonds. The monoisotopic (exact) mass is 365 g/mol. The Bertz CT molecular complexity index is 871. The van der Waals surface area contributed by atoms with Gasteiger partial charge in [-0.2, -0.15) is 5.10 Å². The highest BCUT2D eigenvalue weighted by molar-refractivity contribution is 5.92. The number of amides is 1. The van der Waals surface area contributed by atoms with E-state index in [1.165, 1.54) is 0 Å². The van der Waals surface area contributed by atoms with Crippen molar-refractivity contribution in [1.29, 1.82) is 0 Å². The number of nitrogens with one attached hydrogen (secondary N) is 3. The van der Waals surface area contributed by atoms with E-state index in [0.717, 1.165) is 67.6 Å². The van der Waals surface area contributed by atoms with Crippen LogP contribution >= 0.6 is 0 Å². The summed E-state index contributed by atoms with van der Waals surface area (Å²) in [7, 11) is 0. The molecular weight excluding hydrogens is 338 g/mol. The zero-order valence-electron chi connectivity index (χ0n) is 15.8. The minimum atomic E-state index is -0.0759. The van der Waals surface area contributed by atoms with Gasteiger partial charge in [0.2, 0.25) is 0 Å². The zero-order chi connectivity index (χ0) is 18.6. The summed E-state index contributed by atoms with van der Waals surface area (Å²) in [5, 5.41) is 10.1. The fraction of sp³-hybridized carbons (Fsp3) is 0.476. The summed E-state index contributed by atoms with van der Waals surface area (Å²) in [6.45, 7) is 2.84. The molecule has 0 saturated heterocycles. The number of carbonyl (C=O) groups is 1. The van der Waals surface area contributed by atoms with Crippen molar-refractivity contribution in [2.24, 2.45) is 5.92 Å². The molecule has 0 radical (unpaired) electrons. The lowest BCUT2D eigenvalue weighted by molar-refractivity contribution is 0.0937. The largest absolute Gasteiger partial charge is 0.350 e. The number of carbonyl (C=O) groups excluding carboxylic acids is 1. The van der Waals surface area contributed by atoms with Crippen LogP contribution in [0, 0.1) is 5.92 Å². The molecule has 1 fully saturated rings. The fourth-order valence-corrected chi connectivity index (χ4v) is 4.01. The van der Waals surface area contributed by atoms with E-state index in [-0.39, 0.29) is 5.91 Å². The summed E-state index contributed by atoms with van der Waals surface area (Å²) in [5.74, 6) is 2.06. The maximum absolute atomic E-state index is 12.3. The van der Waals surface area contributed by atoms with Crippen molar-refractivity contribution in [1.82, 2.24) is 25.5 Å². The van der Waals surface area contributed by atoms with Crippen LogP contribution in [0.25, 0.3) is 11.0 Å². The third-order valence-electron chi connectivity index (χ3n) is 5.58. The second-order valence-electron chi connectivity index (χ2n) is 7.60. The number of imidazole rings is 1. The Morgan fingerprint density at radius 3 is 2.81 bits per heavy atom. The second-order valence-corrected chi connectivity index (χ2v) is 7.60. The lowest BCUT2D eigenvalue weighted by atomic mass is 9.81. The van der Waals surface area contributed by atoms with Crippen molar-refractivity contribution < 1.29 is 4.79 Å². The average Bonchev–Trinajstić information content (AvgIpc) is 3.34. The summed E-state index contributed by atoms with van der Waals surface area (Å²) in [6, 6.07) is 10.0. The van der Waals surface area contributed by atoms with E-state index in [9.17, 15) is 4.79 Å². The number of aromatic nitrogens is 4. The maximum atomic E-state index is 12.3. The van der Waals surface area contributed by atoms with Crippen LogP contribution in [-0.2, 0) is 6.42 Å². The van der Waals surface area contributed by atoms with Crippen molar-refractivity contribution in [3.8, 4) is 0 Å². The van der Waals surface area contributed by atoms with Gasteiger partial charge in [-0.25, -0.2) is 4.98 Å². The molecule has 0 aliphatic heterocycles. The van der Waals surface area contributed by atoms with E-state index in [2.05, 4.69) is 39.6 Å². The van der Waals surface area contributed by atoms with Crippen LogP contribution < -0.4 is 5.32 Å². The van der Waals surface area contributed by atoms with Gasteiger partial charge in [0.05, 0.1) is 11.0 Å². The van der Waals surface area contributed by atoms with Gasteiger partial charge < -0.3 is 10.3 Å². The van der Waals surface area contributed by atoms with Crippen molar-refractivity contribution in [3.05, 3.63) is 47.5 Å². The average molecular weight is 365 g/mol. The summed E-state index contributed by atoms with van der Waals surface area (Å²) >= 11 is 0. The van der Waals surface area contributed by atoms with Crippen molar-refractivity contribution in [2.75, 3.05) is 6.54 Å². The number of para-hydroxylation sites is 2. The van der Waals surface area contributed by atoms with Crippen LogP contribution in [0.4, 0.5) is 0 Å². The predicted octanol–water partition coefficient (Wildman–Crippen LogP) is 3.94. The van der Waals surface area contributed by atoms with E-state index in [4.69, 9.17) is 4.98 Å². The minimum Gasteiger partial charge on any atom is -0.350 e. The van der Waals surface area contributed by atoms with Crippen LogP contribution in [0.1, 0.15) is 67.0 Å². The zero-order valence-corrected chi connectivity index (χ0v) is 15.8. The number of fused-ring (bicyclic) bond motifs is 1. The molecule has 3 aromatic rings. The Balaban J connectivity index is 1.27. The Kier molecular flexibility index (Phi) is 5.23. The summed E-state index contributed by atoms with van der Waals surface area (Å²) in [4.78, 5) is 20.5. The Morgan fingerprint density at radius 1 is 1.22 bits per heavy atom. The quantitative estimate of drug-likeness (QED) is 0.618. The molecule has 0 spiro atoms. The minimum absolute atomic E-state index is 0.0759. The number of aromatic amines is 2. The molecule has 1 aliphatic carbocycles. The Hall–Kier alpha value is -2.63. The van der Waals surface area contributed by atoms with Crippen LogP contribution in [0.5, 0.6) is 0 Å². The van der Waals surface area contributed by atoms with Crippen molar-refractivity contribution in [2.45, 2.75) is 51.4 Å². The van der Waals surface area contributed by atoms with Gasteiger partial charge in [0.1, 0.15) is 11.5 Å². The molecular formula is C21H27N5O. The van der Waals surface area contributed by atoms with Gasteiger partial charge in [-0.05, 0) is 56.2 Å². The Labute approximate surface area is 159 Å². The molecule has 2 heterocycles. The summed E-state index contributed by atoms with van der Waals surface area (Å²) < 4.78 is 0. The van der Waals surface area contributed by atoms with Crippen LogP contribution in [0.3, 0.4) is 0 Å². The number of nitrogens with zero attached hydrogens (tertiary/aromatic N) is 2. The highest BCUT2D eigenvalue weighted by atomic mass is 16.1. The molecule has 2 aromatic heterocycles. The first-order chi connectivity index (χ1) is 13.2. The van der Waals surface area contributed by atoms with E-state index in [0.29, 0.717) is 17.5 Å². The van der Waals surface area contributed by atoms with Crippen LogP contribution in [-0.4, -0.2) is 32.6 Å². The maximum Gasteiger partial charge on any atom is 0.271 e. The molecule has 6 heteroatoms. The SMILES string of the molecule is CCCc1cc(C(=O)NCC2CCC(c3nc4ccccc4[nH]3)CC2)n[nH]1. The van der Waals surface area contributed by atoms with E-state index < -0.39 is 0 Å². The first kappa shape index (κ1) is 17.8. The fourth-order valence-electron chi connectivity index (χ4n) is 4.01. The van der Waals surface area contributed by atoms with Crippen molar-refractivity contribution in [3.63, 3.8) is 0 Å². The smallest absolute Gasteiger partial charge is 0.271 e. The van der Waals surface area contributed by atoms with E-state index >= 15 is 0 Å². The lowest BCUT2D eigenvalue weighted by Gasteiger charge is -2.27. The molecule has 142 valence electrons. The van der Waals surface area contributed by atoms with E-state index in [1.54, 1.807) is 0 Å². The number of benzene rings is 1. The third-order valence-corrected chi connectivity index (χ3v) is 5.58. The number of aryl methyl sites for hydroxylation is 1. The molecule has 1 saturated carbocycles. The molecule has 6 nitrogen and oxygen atoms in total. The molecule has 0 unspecified atom stereocenters. The molecule has 1 aromatic carbocycles. The highest BCUT2D eigenvalue weighted by Crippen LogP contribution is 2.35.